The van der Waals surface area contributed by atoms with Crippen molar-refractivity contribution >= 4 is 27.5 Å². The third kappa shape index (κ3) is 3.51. The molecule has 0 saturated heterocycles. The molecule has 0 aliphatic carbocycles. The number of nitrogens with one attached hydrogen (secondary N) is 1. The molecule has 1 N–H and O–H groups in total. The topological polar surface area (TPSA) is 51.1 Å². The van der Waals surface area contributed by atoms with E-state index in [1.165, 1.54) is 11.3 Å². The number of hydrogen-bond acceptors (Lipinski definition) is 3. The molecule has 0 unspecified atom stereocenters. The highest BCUT2D eigenvalue weighted by molar-refractivity contribution is 7.16. The molecule has 0 bridgehead atoms. The maximum atomic E-state index is 12.1. The lowest BCUT2D eigenvalue weighted by Crippen LogP contribution is -2.28. The number of thiazole rings is 1. The number of carbonyl (C=O) groups is 1. The zero-order valence-electron chi connectivity index (χ0n) is 12.9. The van der Waals surface area contributed by atoms with Crippen molar-refractivity contribution in [1.29, 1.82) is 0 Å². The quantitative estimate of drug-likeness (QED) is 0.782. The summed E-state index contributed by atoms with van der Waals surface area (Å²) >= 11 is 1.22. The van der Waals surface area contributed by atoms with Crippen molar-refractivity contribution < 1.29 is 4.79 Å². The Morgan fingerprint density at radius 1 is 1.13 bits per heavy atom. The van der Waals surface area contributed by atoms with Crippen LogP contribution in [0.3, 0.4) is 0 Å². The molecular weight excluding hydrogens is 308 g/mol. The monoisotopic (exact) mass is 326 g/mol. The molecule has 5 heteroatoms. The van der Waals surface area contributed by atoms with Crippen LogP contribution in [0.2, 0.25) is 0 Å². The first-order chi connectivity index (χ1) is 11.1. The fourth-order valence-electron chi connectivity index (χ4n) is 2.58. The molecule has 1 heterocycles. The second-order valence-electron chi connectivity index (χ2n) is 5.44. The zero-order chi connectivity index (χ0) is 16.2. The smallest absolute Gasteiger partial charge is 0.308 e. The van der Waals surface area contributed by atoms with Gasteiger partial charge in [0.15, 0.2) is 0 Å². The Morgan fingerprint density at radius 2 is 1.83 bits per heavy atom. The number of aryl methyl sites for hydroxylation is 1. The fraction of sp³-hybridized carbons (Fsp3) is 0.222. The number of nitrogens with zero attached hydrogens (tertiary/aromatic N) is 1. The molecule has 0 saturated carbocycles. The zero-order valence-corrected chi connectivity index (χ0v) is 13.7. The lowest BCUT2D eigenvalue weighted by atomic mass is 10.1. The van der Waals surface area contributed by atoms with Gasteiger partial charge >= 0.3 is 4.87 Å². The van der Waals surface area contributed by atoms with Crippen LogP contribution < -0.4 is 10.2 Å². The summed E-state index contributed by atoms with van der Waals surface area (Å²) in [5.41, 5.74) is 1.96. The first-order valence-corrected chi connectivity index (χ1v) is 8.39. The van der Waals surface area contributed by atoms with Gasteiger partial charge in [0, 0.05) is 13.0 Å². The predicted molar refractivity (Wildman–Crippen MR) is 93.7 cm³/mol. The standard InChI is InChI=1S/C18H18N2O2S/c1-13(14-7-3-2-4-8-14)19-17(21)11-12-20-15-9-5-6-10-16(15)23-18(20)22/h2-10,13H,11-12H2,1H3,(H,19,21)/t13-/m1/s1. The number of para-hydroxylation sites is 1. The largest absolute Gasteiger partial charge is 0.350 e. The Morgan fingerprint density at radius 3 is 2.61 bits per heavy atom. The molecule has 4 nitrogen and oxygen atoms in total. The van der Waals surface area contributed by atoms with Gasteiger partial charge in [-0.3, -0.25) is 14.2 Å². The average molecular weight is 326 g/mol. The molecule has 1 amide bonds. The summed E-state index contributed by atoms with van der Waals surface area (Å²) in [6.45, 7) is 2.36. The molecule has 2 aromatic carbocycles. The predicted octanol–water partition coefficient (Wildman–Crippen LogP) is 3.33. The van der Waals surface area contributed by atoms with Crippen LogP contribution in [0, 0.1) is 0 Å². The Balaban J connectivity index is 1.65. The summed E-state index contributed by atoms with van der Waals surface area (Å²) in [7, 11) is 0. The minimum atomic E-state index is -0.0523. The van der Waals surface area contributed by atoms with Crippen LogP contribution in [0.4, 0.5) is 0 Å². The van der Waals surface area contributed by atoms with E-state index in [9.17, 15) is 9.59 Å². The van der Waals surface area contributed by atoms with Gasteiger partial charge in [0.2, 0.25) is 5.91 Å². The number of hydrogen-bond donors (Lipinski definition) is 1. The van der Waals surface area contributed by atoms with Crippen LogP contribution in [0.1, 0.15) is 24.9 Å². The molecule has 0 radical (unpaired) electrons. The molecule has 0 aliphatic heterocycles. The lowest BCUT2D eigenvalue weighted by Gasteiger charge is -2.14. The highest BCUT2D eigenvalue weighted by Gasteiger charge is 2.11. The number of carbonyl (C=O) groups excluding carboxylic acids is 1. The van der Waals surface area contributed by atoms with Gasteiger partial charge in [0.25, 0.3) is 0 Å². The summed E-state index contributed by atoms with van der Waals surface area (Å²) in [4.78, 5) is 24.2. The Labute approximate surface area is 138 Å². The van der Waals surface area contributed by atoms with Gasteiger partial charge in [0.05, 0.1) is 16.3 Å². The number of amides is 1. The van der Waals surface area contributed by atoms with Crippen LogP contribution in [-0.4, -0.2) is 10.5 Å². The third-order valence-corrected chi connectivity index (χ3v) is 4.77. The van der Waals surface area contributed by atoms with Gasteiger partial charge in [-0.05, 0) is 24.6 Å². The second-order valence-corrected chi connectivity index (χ2v) is 6.43. The number of aromatic nitrogens is 1. The normalized spacial score (nSPS) is 12.2. The molecule has 1 atom stereocenters. The van der Waals surface area contributed by atoms with Crippen molar-refractivity contribution in [3.8, 4) is 0 Å². The van der Waals surface area contributed by atoms with Crippen LogP contribution in [0.5, 0.6) is 0 Å². The van der Waals surface area contributed by atoms with E-state index >= 15 is 0 Å². The van der Waals surface area contributed by atoms with E-state index in [4.69, 9.17) is 0 Å². The summed E-state index contributed by atoms with van der Waals surface area (Å²) in [6.07, 6.45) is 0.289. The number of fused-ring (bicyclic) bond motifs is 1. The van der Waals surface area contributed by atoms with E-state index in [-0.39, 0.29) is 23.2 Å². The van der Waals surface area contributed by atoms with E-state index < -0.39 is 0 Å². The van der Waals surface area contributed by atoms with Gasteiger partial charge in [-0.2, -0.15) is 0 Å². The van der Waals surface area contributed by atoms with Crippen LogP contribution in [-0.2, 0) is 11.3 Å². The van der Waals surface area contributed by atoms with Gasteiger partial charge in [-0.15, -0.1) is 0 Å². The number of rotatable bonds is 5. The van der Waals surface area contributed by atoms with E-state index in [0.717, 1.165) is 15.8 Å². The Bertz CT molecular complexity index is 867. The molecule has 3 aromatic rings. The maximum absolute atomic E-state index is 12.1. The summed E-state index contributed by atoms with van der Waals surface area (Å²) in [5.74, 6) is -0.0523. The van der Waals surface area contributed by atoms with E-state index in [2.05, 4.69) is 5.32 Å². The van der Waals surface area contributed by atoms with Crippen LogP contribution in [0.15, 0.2) is 59.4 Å². The first kappa shape index (κ1) is 15.5. The van der Waals surface area contributed by atoms with Crippen LogP contribution >= 0.6 is 11.3 Å². The summed E-state index contributed by atoms with van der Waals surface area (Å²) < 4.78 is 2.63. The van der Waals surface area contributed by atoms with E-state index in [1.54, 1.807) is 4.57 Å². The highest BCUT2D eigenvalue weighted by Crippen LogP contribution is 2.17. The van der Waals surface area contributed by atoms with Crippen molar-refractivity contribution in [3.63, 3.8) is 0 Å². The lowest BCUT2D eigenvalue weighted by molar-refractivity contribution is -0.121. The van der Waals surface area contributed by atoms with Gasteiger partial charge < -0.3 is 5.32 Å². The summed E-state index contributed by atoms with van der Waals surface area (Å²) in [6, 6.07) is 17.5. The van der Waals surface area contributed by atoms with E-state index in [0.29, 0.717) is 6.54 Å². The molecule has 23 heavy (non-hydrogen) atoms. The van der Waals surface area contributed by atoms with Crippen molar-refractivity contribution in [3.05, 3.63) is 69.8 Å². The Hall–Kier alpha value is -2.40. The SMILES string of the molecule is C[C@@H](NC(=O)CCn1c(=O)sc2ccccc21)c1ccccc1. The molecule has 1 aromatic heterocycles. The summed E-state index contributed by atoms with van der Waals surface area (Å²) in [5, 5.41) is 2.98. The second kappa shape index (κ2) is 6.79. The van der Waals surface area contributed by atoms with Crippen molar-refractivity contribution in [2.75, 3.05) is 0 Å². The highest BCUT2D eigenvalue weighted by atomic mass is 32.1. The number of benzene rings is 2. The van der Waals surface area contributed by atoms with E-state index in [1.807, 2.05) is 61.5 Å². The molecule has 0 aliphatic rings. The third-order valence-electron chi connectivity index (χ3n) is 3.81. The first-order valence-electron chi connectivity index (χ1n) is 7.58. The minimum Gasteiger partial charge on any atom is -0.350 e. The van der Waals surface area contributed by atoms with Crippen molar-refractivity contribution in [2.24, 2.45) is 0 Å². The van der Waals surface area contributed by atoms with Crippen molar-refractivity contribution in [2.45, 2.75) is 25.9 Å². The molecular formula is C18H18N2O2S. The molecule has 0 fully saturated rings. The molecule has 3 rings (SSSR count). The average Bonchev–Trinajstić information content (AvgIpc) is 2.89. The van der Waals surface area contributed by atoms with Crippen LogP contribution in [0.25, 0.3) is 10.2 Å². The fourth-order valence-corrected chi connectivity index (χ4v) is 3.50. The van der Waals surface area contributed by atoms with Gasteiger partial charge in [-0.25, -0.2) is 0 Å². The Kier molecular flexibility index (Phi) is 4.57. The van der Waals surface area contributed by atoms with Gasteiger partial charge in [-0.1, -0.05) is 53.8 Å². The maximum Gasteiger partial charge on any atom is 0.308 e. The van der Waals surface area contributed by atoms with Crippen molar-refractivity contribution in [1.82, 2.24) is 9.88 Å². The minimum absolute atomic E-state index is 0.0184. The molecule has 118 valence electrons. The van der Waals surface area contributed by atoms with Gasteiger partial charge in [0.1, 0.15) is 0 Å². The molecule has 0 spiro atoms.